The second-order valence-electron chi connectivity index (χ2n) is 17.4. The summed E-state index contributed by atoms with van der Waals surface area (Å²) in [6.07, 6.45) is -10.2. The summed E-state index contributed by atoms with van der Waals surface area (Å²) >= 11 is 0. The highest BCUT2D eigenvalue weighted by Gasteiger charge is 2.38. The third-order valence-corrected chi connectivity index (χ3v) is 13.3. The average molecular weight is 974 g/mol. The smallest absolute Gasteiger partial charge is 0.309 e. The van der Waals surface area contributed by atoms with Gasteiger partial charge >= 0.3 is 12.4 Å². The van der Waals surface area contributed by atoms with Crippen molar-refractivity contribution < 1.29 is 26.3 Å². The van der Waals surface area contributed by atoms with E-state index in [-0.39, 0.29) is 22.8 Å². The number of nitriles is 3. The van der Waals surface area contributed by atoms with Crippen LogP contribution < -0.4 is 0 Å². The molecule has 2 aromatic heterocycles. The van der Waals surface area contributed by atoms with E-state index >= 15 is 0 Å². The van der Waals surface area contributed by atoms with Crippen molar-refractivity contribution in [1.82, 2.24) is 9.13 Å². The first-order valence-corrected chi connectivity index (χ1v) is 22.6. The lowest BCUT2D eigenvalue weighted by Crippen LogP contribution is -2.12. The molecule has 0 saturated heterocycles. The molecule has 0 amide bonds. The zero-order valence-corrected chi connectivity index (χ0v) is 38.1. The number of aromatic nitrogens is 2. The number of rotatable bonds is 6. The van der Waals surface area contributed by atoms with Gasteiger partial charge in [0.15, 0.2) is 11.4 Å². The molecule has 0 N–H and O–H groups in total. The minimum atomic E-state index is -5.18. The Morgan fingerprint density at radius 3 is 1.55 bits per heavy atom. The fourth-order valence-corrected chi connectivity index (χ4v) is 10.0. The molecular weight excluding hydrogens is 945 g/mol. The van der Waals surface area contributed by atoms with Crippen molar-refractivity contribution >= 4 is 55.0 Å². The summed E-state index contributed by atoms with van der Waals surface area (Å²) in [6, 6.07) is 54.0. The van der Waals surface area contributed by atoms with Gasteiger partial charge in [0, 0.05) is 32.7 Å². The Bertz CT molecular complexity index is 4420. The van der Waals surface area contributed by atoms with Gasteiger partial charge in [0.1, 0.15) is 0 Å². The molecule has 0 bridgehead atoms. The first kappa shape index (κ1) is 46.0. The van der Waals surface area contributed by atoms with Crippen LogP contribution in [0.4, 0.5) is 37.7 Å². The van der Waals surface area contributed by atoms with E-state index < -0.39 is 29.0 Å². The Balaban J connectivity index is 1.22. The minimum absolute atomic E-state index is 0.0332. The summed E-state index contributed by atoms with van der Waals surface area (Å²) in [7, 11) is 0. The van der Waals surface area contributed by atoms with Gasteiger partial charge in [-0.2, -0.15) is 42.1 Å². The molecule has 2 heterocycles. The van der Waals surface area contributed by atoms with Gasteiger partial charge in [0.25, 0.3) is 0 Å². The zero-order valence-electron chi connectivity index (χ0n) is 38.1. The summed E-state index contributed by atoms with van der Waals surface area (Å²) in [4.78, 5) is 7.21. The number of hydrogen-bond acceptors (Lipinski definition) is 3. The second-order valence-corrected chi connectivity index (χ2v) is 17.4. The lowest BCUT2D eigenvalue weighted by Gasteiger charge is -2.21. The van der Waals surface area contributed by atoms with Crippen molar-refractivity contribution in [2.45, 2.75) is 12.4 Å². The minimum Gasteiger partial charge on any atom is -0.309 e. The maximum atomic E-state index is 15.0. The Morgan fingerprint density at radius 1 is 0.405 bits per heavy atom. The van der Waals surface area contributed by atoms with Gasteiger partial charge in [-0.05, 0) is 118 Å². The molecule has 0 fully saturated rings. The van der Waals surface area contributed by atoms with E-state index in [4.69, 9.17) is 13.1 Å². The van der Waals surface area contributed by atoms with Crippen LogP contribution >= 0.6 is 0 Å². The van der Waals surface area contributed by atoms with Crippen LogP contribution in [0.2, 0.25) is 0 Å². The maximum absolute atomic E-state index is 15.0. The molecule has 350 valence electrons. The molecule has 13 heteroatoms. The first-order valence-electron chi connectivity index (χ1n) is 22.6. The van der Waals surface area contributed by atoms with Crippen LogP contribution in [0.5, 0.6) is 0 Å². The number of halogens is 6. The number of para-hydroxylation sites is 2. The quantitative estimate of drug-likeness (QED) is 0.123. The van der Waals surface area contributed by atoms with Crippen molar-refractivity contribution in [3.8, 4) is 74.1 Å². The van der Waals surface area contributed by atoms with Crippen LogP contribution in [-0.2, 0) is 12.4 Å². The molecule has 74 heavy (non-hydrogen) atoms. The van der Waals surface area contributed by atoms with Crippen LogP contribution in [0.15, 0.2) is 176 Å². The lowest BCUT2D eigenvalue weighted by molar-refractivity contribution is -0.142. The molecule has 0 spiro atoms. The average Bonchev–Trinajstić information content (AvgIpc) is 3.94. The molecule has 0 radical (unpaired) electrons. The number of hydrogen-bond donors (Lipinski definition) is 0. The van der Waals surface area contributed by atoms with Crippen LogP contribution in [-0.4, -0.2) is 9.13 Å². The van der Waals surface area contributed by atoms with Crippen molar-refractivity contribution in [3.63, 3.8) is 0 Å². The van der Waals surface area contributed by atoms with Crippen LogP contribution in [0.3, 0.4) is 0 Å². The summed E-state index contributed by atoms with van der Waals surface area (Å²) in [5.74, 6) is 0. The second kappa shape index (κ2) is 17.5. The Hall–Kier alpha value is -10.4. The van der Waals surface area contributed by atoms with Gasteiger partial charge < -0.3 is 9.13 Å². The molecule has 11 aromatic rings. The Morgan fingerprint density at radius 2 is 0.946 bits per heavy atom. The summed E-state index contributed by atoms with van der Waals surface area (Å²) in [5.41, 5.74) is 5.21. The van der Waals surface area contributed by atoms with Crippen LogP contribution in [0, 0.1) is 47.1 Å². The first-order chi connectivity index (χ1) is 35.7. The summed E-state index contributed by atoms with van der Waals surface area (Å²) < 4.78 is 90.9. The van der Waals surface area contributed by atoms with Crippen molar-refractivity contribution in [1.29, 1.82) is 15.8 Å². The van der Waals surface area contributed by atoms with Gasteiger partial charge in [-0.25, -0.2) is 9.69 Å². The van der Waals surface area contributed by atoms with E-state index in [0.29, 0.717) is 78.6 Å². The van der Waals surface area contributed by atoms with Crippen LogP contribution in [0.25, 0.3) is 109 Å². The molecule has 11 rings (SSSR count). The Labute approximate surface area is 417 Å². The van der Waals surface area contributed by atoms with Gasteiger partial charge in [-0.3, -0.25) is 0 Å². The van der Waals surface area contributed by atoms with E-state index in [9.17, 15) is 42.1 Å². The largest absolute Gasteiger partial charge is 0.417 e. The molecule has 7 nitrogen and oxygen atoms in total. The summed E-state index contributed by atoms with van der Waals surface area (Å²) in [6.45, 7) is 15.4. The predicted octanol–water partition coefficient (Wildman–Crippen LogP) is 17.3. The fourth-order valence-electron chi connectivity index (χ4n) is 10.0. The zero-order chi connectivity index (χ0) is 51.6. The standard InChI is InChI=1S/C61H29F6N7/c1-71-42-17-21-45(53(31-42)72-2)38-15-24-57-51(28-38)46-7-3-5-9-54(46)73(57)56-22-12-36(33-69)26-49(56)48-19-13-39(44-20-16-41(60(62,63)64)30-52(44)61(65,66)67)29-59(48)74-55-10-6-4-8-47(55)50-27-37(14-23-58(50)74)43-18-11-35(32-68)25-40(43)34-70/h3-31H. The van der Waals surface area contributed by atoms with E-state index in [1.165, 1.54) is 18.2 Å². The number of benzene rings is 9. The van der Waals surface area contributed by atoms with E-state index in [2.05, 4.69) is 27.9 Å². The van der Waals surface area contributed by atoms with E-state index in [0.717, 1.165) is 38.8 Å². The summed E-state index contributed by atoms with van der Waals surface area (Å²) in [5, 5.41) is 33.3. The molecule has 0 aliphatic heterocycles. The normalized spacial score (nSPS) is 11.6. The highest BCUT2D eigenvalue weighted by Crippen LogP contribution is 2.47. The van der Waals surface area contributed by atoms with Crippen molar-refractivity contribution in [2.24, 2.45) is 0 Å². The molecule has 0 atom stereocenters. The van der Waals surface area contributed by atoms with Gasteiger partial charge in [-0.15, -0.1) is 0 Å². The van der Waals surface area contributed by atoms with Crippen LogP contribution in [0.1, 0.15) is 27.8 Å². The Kier molecular flexibility index (Phi) is 10.9. The van der Waals surface area contributed by atoms with Crippen molar-refractivity contribution in [2.75, 3.05) is 0 Å². The topological polar surface area (TPSA) is 90.0 Å². The van der Waals surface area contributed by atoms with E-state index in [1.807, 2.05) is 88.0 Å². The fraction of sp³-hybridized carbons (Fsp3) is 0.0328. The third kappa shape index (κ3) is 7.60. The van der Waals surface area contributed by atoms with Gasteiger partial charge in [0.2, 0.25) is 0 Å². The monoisotopic (exact) mass is 973 g/mol. The van der Waals surface area contributed by atoms with Gasteiger partial charge in [0.05, 0.1) is 92.6 Å². The number of alkyl halides is 6. The number of nitrogens with zero attached hydrogens (tertiary/aromatic N) is 7. The lowest BCUT2D eigenvalue weighted by atomic mass is 9.92. The maximum Gasteiger partial charge on any atom is 0.417 e. The molecule has 0 saturated carbocycles. The molecule has 0 aliphatic carbocycles. The highest BCUT2D eigenvalue weighted by molar-refractivity contribution is 6.13. The molecule has 0 aliphatic rings. The predicted molar refractivity (Wildman–Crippen MR) is 274 cm³/mol. The SMILES string of the molecule is [C-]#[N+]c1ccc(-c2ccc3c(c2)c2ccccc2n3-c2ccc(C#N)cc2-c2ccc(-c3ccc(C(F)(F)F)cc3C(F)(F)F)cc2-n2c3ccccc3c3cc(-c4ccc(C#N)cc4C#N)ccc32)c([N+]#[C-])c1. The van der Waals surface area contributed by atoms with Crippen molar-refractivity contribution in [3.05, 3.63) is 227 Å². The molecular formula is C61H29F6N7. The third-order valence-electron chi connectivity index (χ3n) is 13.3. The molecule has 9 aromatic carbocycles. The number of fused-ring (bicyclic) bond motifs is 6. The van der Waals surface area contributed by atoms with Gasteiger partial charge in [-0.1, -0.05) is 91.0 Å². The highest BCUT2D eigenvalue weighted by atomic mass is 19.4. The molecule has 0 unspecified atom stereocenters. The van der Waals surface area contributed by atoms with E-state index in [1.54, 1.807) is 60.7 Å².